The highest BCUT2D eigenvalue weighted by molar-refractivity contribution is 7.98. The summed E-state index contributed by atoms with van der Waals surface area (Å²) >= 11 is 7.71. The number of nitrogens with zero attached hydrogens (tertiary/aromatic N) is 2. The number of benzene rings is 2. The summed E-state index contributed by atoms with van der Waals surface area (Å²) in [5, 5.41) is 3.41. The first-order valence-corrected chi connectivity index (χ1v) is 9.31. The minimum Gasteiger partial charge on any atom is -0.352 e. The topological polar surface area (TPSA) is 46.9 Å². The largest absolute Gasteiger partial charge is 0.352 e. The Hall–Kier alpha value is -1.98. The van der Waals surface area contributed by atoms with E-state index < -0.39 is 0 Å². The number of amides is 1. The number of rotatable bonds is 6. The van der Waals surface area contributed by atoms with Crippen LogP contribution in [0.2, 0.25) is 5.02 Å². The van der Waals surface area contributed by atoms with Gasteiger partial charge in [0.1, 0.15) is 0 Å². The minimum absolute atomic E-state index is 0.133. The van der Waals surface area contributed by atoms with Crippen LogP contribution in [-0.4, -0.2) is 28.3 Å². The highest BCUT2D eigenvalue weighted by Crippen LogP contribution is 2.22. The number of aromatic nitrogens is 2. The predicted octanol–water partition coefficient (Wildman–Crippen LogP) is 4.23. The third-order valence-corrected chi connectivity index (χ3v) is 4.86. The summed E-state index contributed by atoms with van der Waals surface area (Å²) in [6, 6.07) is 13.5. The number of imidazole rings is 1. The molecule has 0 spiro atoms. The fraction of sp³-hybridized carbons (Fsp3) is 0.222. The zero-order valence-corrected chi connectivity index (χ0v) is 14.9. The van der Waals surface area contributed by atoms with Gasteiger partial charge in [0.05, 0.1) is 27.9 Å². The molecule has 24 heavy (non-hydrogen) atoms. The van der Waals surface area contributed by atoms with E-state index in [1.807, 2.05) is 42.9 Å². The first-order valence-electron chi connectivity index (χ1n) is 7.70. The summed E-state index contributed by atoms with van der Waals surface area (Å²) in [4.78, 5) is 17.7. The van der Waals surface area contributed by atoms with E-state index in [0.717, 1.165) is 28.9 Å². The number of hydrogen-bond donors (Lipinski definition) is 1. The fourth-order valence-corrected chi connectivity index (χ4v) is 3.18. The van der Waals surface area contributed by atoms with Crippen LogP contribution < -0.4 is 5.32 Å². The van der Waals surface area contributed by atoms with Crippen molar-refractivity contribution in [3.8, 4) is 0 Å². The van der Waals surface area contributed by atoms with E-state index in [4.69, 9.17) is 11.6 Å². The van der Waals surface area contributed by atoms with Crippen molar-refractivity contribution in [3.63, 3.8) is 0 Å². The third kappa shape index (κ3) is 3.74. The van der Waals surface area contributed by atoms with Crippen molar-refractivity contribution >= 4 is 40.3 Å². The molecule has 0 aliphatic rings. The summed E-state index contributed by atoms with van der Waals surface area (Å²) in [5.74, 6) is -0.133. The standard InChI is InChI=1S/C18H18ClN3OS/c1-24-13-7-8-15(19)14(11-13)18(23)20-9-4-10-22-12-21-16-5-2-3-6-17(16)22/h2-3,5-8,11-12H,4,9-10H2,1H3,(H,20,23). The summed E-state index contributed by atoms with van der Waals surface area (Å²) in [7, 11) is 0. The zero-order chi connectivity index (χ0) is 16.9. The molecule has 1 amide bonds. The summed E-state index contributed by atoms with van der Waals surface area (Å²) in [6.07, 6.45) is 4.64. The Bertz CT molecular complexity index is 862. The molecule has 124 valence electrons. The van der Waals surface area contributed by atoms with Gasteiger partial charge in [0.15, 0.2) is 0 Å². The molecule has 0 radical (unpaired) electrons. The highest BCUT2D eigenvalue weighted by Gasteiger charge is 2.10. The smallest absolute Gasteiger partial charge is 0.252 e. The lowest BCUT2D eigenvalue weighted by Crippen LogP contribution is -2.25. The molecule has 0 fully saturated rings. The molecule has 0 aliphatic heterocycles. The Morgan fingerprint density at radius 2 is 2.12 bits per heavy atom. The van der Waals surface area contributed by atoms with Crippen molar-refractivity contribution in [2.24, 2.45) is 0 Å². The van der Waals surface area contributed by atoms with E-state index in [2.05, 4.69) is 20.9 Å². The van der Waals surface area contributed by atoms with Crippen molar-refractivity contribution in [1.82, 2.24) is 14.9 Å². The second-order valence-electron chi connectivity index (χ2n) is 5.38. The van der Waals surface area contributed by atoms with E-state index in [0.29, 0.717) is 17.1 Å². The molecule has 4 nitrogen and oxygen atoms in total. The van der Waals surface area contributed by atoms with Crippen molar-refractivity contribution in [2.75, 3.05) is 12.8 Å². The van der Waals surface area contributed by atoms with Crippen LogP contribution in [0.15, 0.2) is 53.7 Å². The maximum atomic E-state index is 12.3. The van der Waals surface area contributed by atoms with E-state index in [1.54, 1.807) is 17.8 Å². The minimum atomic E-state index is -0.133. The van der Waals surface area contributed by atoms with Gasteiger partial charge in [-0.25, -0.2) is 4.98 Å². The molecule has 3 aromatic rings. The van der Waals surface area contributed by atoms with Gasteiger partial charge in [-0.15, -0.1) is 11.8 Å². The molecule has 1 N–H and O–H groups in total. The van der Waals surface area contributed by atoms with Gasteiger partial charge < -0.3 is 9.88 Å². The molecular formula is C18H18ClN3OS. The molecule has 0 bridgehead atoms. The van der Waals surface area contributed by atoms with Gasteiger partial charge >= 0.3 is 0 Å². The predicted molar refractivity (Wildman–Crippen MR) is 99.9 cm³/mol. The first-order chi connectivity index (χ1) is 11.7. The monoisotopic (exact) mass is 359 g/mol. The lowest BCUT2D eigenvalue weighted by Gasteiger charge is -2.09. The number of carbonyl (C=O) groups excluding carboxylic acids is 1. The van der Waals surface area contributed by atoms with Crippen molar-refractivity contribution in [3.05, 3.63) is 59.4 Å². The fourth-order valence-electron chi connectivity index (χ4n) is 2.54. The molecule has 0 aliphatic carbocycles. The first kappa shape index (κ1) is 16.9. The lowest BCUT2D eigenvalue weighted by atomic mass is 10.2. The molecule has 1 heterocycles. The van der Waals surface area contributed by atoms with Crippen LogP contribution in [0.5, 0.6) is 0 Å². The van der Waals surface area contributed by atoms with Crippen LogP contribution in [0.3, 0.4) is 0 Å². The van der Waals surface area contributed by atoms with E-state index >= 15 is 0 Å². The Morgan fingerprint density at radius 3 is 2.96 bits per heavy atom. The molecule has 0 saturated heterocycles. The highest BCUT2D eigenvalue weighted by atomic mass is 35.5. The summed E-state index contributed by atoms with van der Waals surface area (Å²) in [6.45, 7) is 1.39. The number of fused-ring (bicyclic) bond motifs is 1. The van der Waals surface area contributed by atoms with Crippen LogP contribution in [0.25, 0.3) is 11.0 Å². The number of hydrogen-bond acceptors (Lipinski definition) is 3. The van der Waals surface area contributed by atoms with Crippen LogP contribution in [0.1, 0.15) is 16.8 Å². The van der Waals surface area contributed by atoms with Crippen LogP contribution in [-0.2, 0) is 6.54 Å². The third-order valence-electron chi connectivity index (χ3n) is 3.81. The van der Waals surface area contributed by atoms with Crippen molar-refractivity contribution < 1.29 is 4.79 Å². The van der Waals surface area contributed by atoms with E-state index in [-0.39, 0.29) is 5.91 Å². The quantitative estimate of drug-likeness (QED) is 0.529. The second-order valence-corrected chi connectivity index (χ2v) is 6.67. The molecule has 0 atom stereocenters. The Labute approximate surface area is 150 Å². The average Bonchev–Trinajstić information content (AvgIpc) is 3.02. The number of halogens is 1. The Kier molecular flexibility index (Phi) is 5.43. The molecule has 6 heteroatoms. The lowest BCUT2D eigenvalue weighted by molar-refractivity contribution is 0.0952. The number of aryl methyl sites for hydroxylation is 1. The number of nitrogens with one attached hydrogen (secondary N) is 1. The van der Waals surface area contributed by atoms with Crippen LogP contribution in [0, 0.1) is 0 Å². The van der Waals surface area contributed by atoms with Gasteiger partial charge in [0, 0.05) is 18.0 Å². The summed E-state index contributed by atoms with van der Waals surface area (Å²) in [5.41, 5.74) is 2.62. The van der Waals surface area contributed by atoms with Gasteiger partial charge in [-0.1, -0.05) is 23.7 Å². The summed E-state index contributed by atoms with van der Waals surface area (Å²) < 4.78 is 2.10. The Balaban J connectivity index is 1.56. The maximum Gasteiger partial charge on any atom is 0.252 e. The molecule has 0 saturated carbocycles. The van der Waals surface area contributed by atoms with E-state index in [1.165, 1.54) is 0 Å². The SMILES string of the molecule is CSc1ccc(Cl)c(C(=O)NCCCn2cnc3ccccc32)c1. The van der Waals surface area contributed by atoms with Crippen molar-refractivity contribution in [2.45, 2.75) is 17.9 Å². The Morgan fingerprint density at radius 1 is 1.29 bits per heavy atom. The van der Waals surface area contributed by atoms with Crippen LogP contribution >= 0.6 is 23.4 Å². The molecule has 0 unspecified atom stereocenters. The van der Waals surface area contributed by atoms with Crippen LogP contribution in [0.4, 0.5) is 0 Å². The molecular weight excluding hydrogens is 342 g/mol. The number of carbonyl (C=O) groups is 1. The zero-order valence-electron chi connectivity index (χ0n) is 13.3. The molecule has 1 aromatic heterocycles. The average molecular weight is 360 g/mol. The van der Waals surface area contributed by atoms with Crippen molar-refractivity contribution in [1.29, 1.82) is 0 Å². The van der Waals surface area contributed by atoms with Gasteiger partial charge in [0.2, 0.25) is 0 Å². The second kappa shape index (κ2) is 7.73. The van der Waals surface area contributed by atoms with Gasteiger partial charge in [-0.3, -0.25) is 4.79 Å². The van der Waals surface area contributed by atoms with Gasteiger partial charge in [-0.2, -0.15) is 0 Å². The van der Waals surface area contributed by atoms with Gasteiger partial charge in [-0.05, 0) is 43.0 Å². The molecule has 3 rings (SSSR count). The normalized spacial score (nSPS) is 10.9. The van der Waals surface area contributed by atoms with E-state index in [9.17, 15) is 4.79 Å². The molecule has 2 aromatic carbocycles. The maximum absolute atomic E-state index is 12.3. The number of para-hydroxylation sites is 2. The van der Waals surface area contributed by atoms with Gasteiger partial charge in [0.25, 0.3) is 5.91 Å². The number of thioether (sulfide) groups is 1.